The number of rotatable bonds is 3. The molecule has 0 radical (unpaired) electrons. The SMILES string of the molecule is CC1=NC2=C(C(=O)C[C@@H](C)C2)[C@@H](c2ccccc2C)C1C(=O)Nc1ccc(C)cn1. The zero-order valence-corrected chi connectivity index (χ0v) is 17.9. The van der Waals surface area contributed by atoms with Crippen LogP contribution >= 0.6 is 0 Å². The minimum absolute atomic E-state index is 0.111. The van der Waals surface area contributed by atoms with Crippen molar-refractivity contribution in [2.45, 2.75) is 46.5 Å². The van der Waals surface area contributed by atoms with Crippen LogP contribution < -0.4 is 5.32 Å². The van der Waals surface area contributed by atoms with Crippen LogP contribution in [-0.4, -0.2) is 22.4 Å². The Morgan fingerprint density at radius 2 is 1.83 bits per heavy atom. The lowest BCUT2D eigenvalue weighted by atomic mass is 9.69. The molecule has 2 aliphatic rings. The molecule has 1 aliphatic carbocycles. The van der Waals surface area contributed by atoms with Crippen molar-refractivity contribution in [3.63, 3.8) is 0 Å². The Morgan fingerprint density at radius 1 is 1.07 bits per heavy atom. The number of aryl methyl sites for hydroxylation is 2. The van der Waals surface area contributed by atoms with Gasteiger partial charge in [-0.3, -0.25) is 14.6 Å². The van der Waals surface area contributed by atoms with E-state index in [2.05, 4.69) is 17.2 Å². The highest BCUT2D eigenvalue weighted by atomic mass is 16.2. The highest BCUT2D eigenvalue weighted by Crippen LogP contribution is 2.45. The minimum atomic E-state index is -0.551. The number of Topliss-reactive ketones (excluding diaryl/α,β-unsaturated/α-hetero) is 1. The topological polar surface area (TPSA) is 71.4 Å². The fourth-order valence-corrected chi connectivity index (χ4v) is 4.61. The minimum Gasteiger partial charge on any atom is -0.310 e. The summed E-state index contributed by atoms with van der Waals surface area (Å²) in [7, 11) is 0. The molecule has 0 bridgehead atoms. The van der Waals surface area contributed by atoms with Gasteiger partial charge < -0.3 is 5.32 Å². The van der Waals surface area contributed by atoms with E-state index in [1.54, 1.807) is 12.3 Å². The number of hydrogen-bond donors (Lipinski definition) is 1. The highest BCUT2D eigenvalue weighted by molar-refractivity contribution is 6.13. The first-order valence-corrected chi connectivity index (χ1v) is 10.5. The van der Waals surface area contributed by atoms with Crippen LogP contribution in [0.5, 0.6) is 0 Å². The third kappa shape index (κ3) is 3.72. The molecule has 1 amide bonds. The van der Waals surface area contributed by atoms with E-state index >= 15 is 0 Å². The van der Waals surface area contributed by atoms with Gasteiger partial charge in [0, 0.05) is 35.5 Å². The second-order valence-electron chi connectivity index (χ2n) is 8.57. The number of amides is 1. The van der Waals surface area contributed by atoms with E-state index in [0.29, 0.717) is 17.8 Å². The van der Waals surface area contributed by atoms with E-state index in [0.717, 1.165) is 34.5 Å². The molecule has 3 atom stereocenters. The Hall–Kier alpha value is -3.08. The van der Waals surface area contributed by atoms with E-state index in [9.17, 15) is 9.59 Å². The number of hydrogen-bond acceptors (Lipinski definition) is 4. The number of anilines is 1. The smallest absolute Gasteiger partial charge is 0.235 e. The summed E-state index contributed by atoms with van der Waals surface area (Å²) in [5.74, 6) is -0.175. The summed E-state index contributed by atoms with van der Waals surface area (Å²) in [5, 5.41) is 2.94. The first kappa shape index (κ1) is 20.2. The number of allylic oxidation sites excluding steroid dienone is 2. The summed E-state index contributed by atoms with van der Waals surface area (Å²) in [6, 6.07) is 11.7. The summed E-state index contributed by atoms with van der Waals surface area (Å²) < 4.78 is 0. The van der Waals surface area contributed by atoms with Crippen molar-refractivity contribution in [3.8, 4) is 0 Å². The van der Waals surface area contributed by atoms with E-state index in [1.165, 1.54) is 0 Å². The zero-order chi connectivity index (χ0) is 21.4. The molecular formula is C25H27N3O2. The quantitative estimate of drug-likeness (QED) is 0.806. The molecule has 0 fully saturated rings. The van der Waals surface area contributed by atoms with Crippen molar-refractivity contribution in [1.29, 1.82) is 0 Å². The predicted octanol–water partition coefficient (Wildman–Crippen LogP) is 4.76. The van der Waals surface area contributed by atoms with Gasteiger partial charge in [-0.2, -0.15) is 0 Å². The monoisotopic (exact) mass is 401 g/mol. The maximum absolute atomic E-state index is 13.4. The standard InChI is InChI=1S/C25H27N3O2/c1-14-9-10-21(26-13-14)28-25(30)22-17(4)27-19-11-15(2)12-20(29)24(19)23(22)18-8-6-5-7-16(18)3/h5-10,13,15,22-23H,11-12H2,1-4H3,(H,26,28,30)/t15-,22?,23-/m0/s1. The lowest BCUT2D eigenvalue weighted by Crippen LogP contribution is -2.40. The number of nitrogens with one attached hydrogen (secondary N) is 1. The maximum atomic E-state index is 13.4. The number of carbonyl (C=O) groups excluding carboxylic acids is 2. The Morgan fingerprint density at radius 3 is 2.53 bits per heavy atom. The Bertz CT molecular complexity index is 1070. The fraction of sp³-hybridized carbons (Fsp3) is 0.360. The van der Waals surface area contributed by atoms with Crippen molar-refractivity contribution < 1.29 is 9.59 Å². The number of benzene rings is 1. The molecule has 1 unspecified atom stereocenters. The molecule has 154 valence electrons. The Labute approximate surface area is 177 Å². The predicted molar refractivity (Wildman–Crippen MR) is 119 cm³/mol. The molecule has 2 aromatic rings. The molecule has 30 heavy (non-hydrogen) atoms. The number of nitrogens with zero attached hydrogens (tertiary/aromatic N) is 2. The van der Waals surface area contributed by atoms with Crippen LogP contribution in [0.25, 0.3) is 0 Å². The molecule has 0 saturated carbocycles. The van der Waals surface area contributed by atoms with Crippen molar-refractivity contribution in [2.75, 3.05) is 5.32 Å². The third-order valence-electron chi connectivity index (χ3n) is 6.06. The first-order chi connectivity index (χ1) is 14.3. The summed E-state index contributed by atoms with van der Waals surface area (Å²) in [6.07, 6.45) is 3.00. The van der Waals surface area contributed by atoms with E-state index in [4.69, 9.17) is 4.99 Å². The van der Waals surface area contributed by atoms with Gasteiger partial charge in [0.15, 0.2) is 5.78 Å². The van der Waals surface area contributed by atoms with Gasteiger partial charge in [0.25, 0.3) is 0 Å². The molecule has 5 nitrogen and oxygen atoms in total. The second kappa shape index (κ2) is 7.98. The highest BCUT2D eigenvalue weighted by Gasteiger charge is 2.43. The van der Waals surface area contributed by atoms with Crippen LogP contribution in [0.3, 0.4) is 0 Å². The van der Waals surface area contributed by atoms with Gasteiger partial charge in [-0.05, 0) is 55.9 Å². The molecule has 1 N–H and O–H groups in total. The number of pyridine rings is 1. The van der Waals surface area contributed by atoms with E-state index in [1.807, 2.05) is 51.1 Å². The normalized spacial score (nSPS) is 23.7. The molecule has 1 aliphatic heterocycles. The molecule has 1 aromatic heterocycles. The van der Waals surface area contributed by atoms with Crippen molar-refractivity contribution in [1.82, 2.24) is 4.98 Å². The number of aliphatic imine (C=N–C) groups is 1. The van der Waals surface area contributed by atoms with E-state index < -0.39 is 5.92 Å². The van der Waals surface area contributed by atoms with Gasteiger partial charge in [0.1, 0.15) is 5.82 Å². The summed E-state index contributed by atoms with van der Waals surface area (Å²) >= 11 is 0. The number of carbonyl (C=O) groups is 2. The van der Waals surface area contributed by atoms with Crippen LogP contribution in [-0.2, 0) is 9.59 Å². The number of ketones is 1. The van der Waals surface area contributed by atoms with Gasteiger partial charge in [-0.25, -0.2) is 4.98 Å². The van der Waals surface area contributed by atoms with Crippen molar-refractivity contribution in [3.05, 3.63) is 70.6 Å². The van der Waals surface area contributed by atoms with Gasteiger partial charge in [-0.15, -0.1) is 0 Å². The van der Waals surface area contributed by atoms with Gasteiger partial charge >= 0.3 is 0 Å². The van der Waals surface area contributed by atoms with Crippen molar-refractivity contribution in [2.24, 2.45) is 16.8 Å². The van der Waals surface area contributed by atoms with Gasteiger partial charge in [0.05, 0.1) is 5.92 Å². The summed E-state index contributed by atoms with van der Waals surface area (Å²) in [5.41, 5.74) is 5.42. The molecule has 0 spiro atoms. The van der Waals surface area contributed by atoms with Gasteiger partial charge in [-0.1, -0.05) is 37.3 Å². The Balaban J connectivity index is 1.79. The van der Waals surface area contributed by atoms with Crippen LogP contribution in [0, 0.1) is 25.7 Å². The zero-order valence-electron chi connectivity index (χ0n) is 17.9. The van der Waals surface area contributed by atoms with Crippen LogP contribution in [0.1, 0.15) is 49.3 Å². The molecule has 2 heterocycles. The second-order valence-corrected chi connectivity index (χ2v) is 8.57. The molecule has 0 saturated heterocycles. The largest absolute Gasteiger partial charge is 0.310 e. The summed E-state index contributed by atoms with van der Waals surface area (Å²) in [6.45, 7) is 7.96. The first-order valence-electron chi connectivity index (χ1n) is 10.5. The fourth-order valence-electron chi connectivity index (χ4n) is 4.61. The maximum Gasteiger partial charge on any atom is 0.235 e. The van der Waals surface area contributed by atoms with Crippen LogP contribution in [0.15, 0.2) is 58.9 Å². The molecular weight excluding hydrogens is 374 g/mol. The summed E-state index contributed by atoms with van der Waals surface area (Å²) in [4.78, 5) is 35.6. The average molecular weight is 402 g/mol. The third-order valence-corrected chi connectivity index (χ3v) is 6.06. The van der Waals surface area contributed by atoms with Gasteiger partial charge in [0.2, 0.25) is 5.91 Å². The Kier molecular flexibility index (Phi) is 5.37. The molecule has 4 rings (SSSR count). The van der Waals surface area contributed by atoms with E-state index in [-0.39, 0.29) is 23.5 Å². The van der Waals surface area contributed by atoms with Crippen LogP contribution in [0.2, 0.25) is 0 Å². The lowest BCUT2D eigenvalue weighted by molar-refractivity contribution is -0.119. The number of aromatic nitrogens is 1. The van der Waals surface area contributed by atoms with Crippen LogP contribution in [0.4, 0.5) is 5.82 Å². The molecule has 5 heteroatoms. The lowest BCUT2D eigenvalue weighted by Gasteiger charge is -2.36. The van der Waals surface area contributed by atoms with Crippen molar-refractivity contribution >= 4 is 23.2 Å². The molecule has 1 aromatic carbocycles. The average Bonchev–Trinajstić information content (AvgIpc) is 2.68.